The minimum Gasteiger partial charge on any atom is -0.493 e. The standard InChI is InChI=1S/C21H33N7O2/c1-29-18-13-16-17(14-19(18)30-12-4-9-27-7-2-3-8-27)25-21(22)26-20(16)24-15-28-10-5-23-6-11-28/h13-14,23H,2-12,15H2,1H3,(H3,22,24,25,26). The van der Waals surface area contributed by atoms with E-state index in [-0.39, 0.29) is 5.95 Å². The molecule has 2 fully saturated rings. The van der Waals surface area contributed by atoms with Gasteiger partial charge in [0.05, 0.1) is 25.9 Å². The highest BCUT2D eigenvalue weighted by atomic mass is 16.5. The van der Waals surface area contributed by atoms with E-state index in [1.807, 2.05) is 12.1 Å². The fraction of sp³-hybridized carbons (Fsp3) is 0.619. The Morgan fingerprint density at radius 3 is 2.63 bits per heavy atom. The number of nitrogens with two attached hydrogens (primary N) is 1. The van der Waals surface area contributed by atoms with Gasteiger partial charge in [-0.15, -0.1) is 0 Å². The molecule has 2 saturated heterocycles. The van der Waals surface area contributed by atoms with Gasteiger partial charge in [-0.05, 0) is 38.4 Å². The molecule has 164 valence electrons. The first kappa shape index (κ1) is 20.9. The summed E-state index contributed by atoms with van der Waals surface area (Å²) in [4.78, 5) is 13.7. The van der Waals surface area contributed by atoms with Crippen molar-refractivity contribution in [3.8, 4) is 11.5 Å². The van der Waals surface area contributed by atoms with Crippen molar-refractivity contribution in [3.05, 3.63) is 12.1 Å². The number of nitrogen functional groups attached to an aromatic ring is 1. The number of methoxy groups -OCH3 is 1. The van der Waals surface area contributed by atoms with Gasteiger partial charge in [0.25, 0.3) is 0 Å². The van der Waals surface area contributed by atoms with Gasteiger partial charge in [-0.2, -0.15) is 4.98 Å². The molecule has 3 heterocycles. The van der Waals surface area contributed by atoms with E-state index in [4.69, 9.17) is 15.2 Å². The second-order valence-corrected chi connectivity index (χ2v) is 7.90. The average Bonchev–Trinajstić information content (AvgIpc) is 3.28. The molecule has 1 aromatic carbocycles. The number of hydrogen-bond donors (Lipinski definition) is 3. The summed E-state index contributed by atoms with van der Waals surface area (Å²) in [5.74, 6) is 2.34. The van der Waals surface area contributed by atoms with Gasteiger partial charge in [0.1, 0.15) is 5.82 Å². The predicted octanol–water partition coefficient (Wildman–Crippen LogP) is 1.36. The Kier molecular flexibility index (Phi) is 7.03. The van der Waals surface area contributed by atoms with E-state index in [9.17, 15) is 0 Å². The van der Waals surface area contributed by atoms with Crippen LogP contribution in [-0.4, -0.2) is 86.0 Å². The lowest BCUT2D eigenvalue weighted by atomic mass is 10.2. The number of likely N-dealkylation sites (tertiary alicyclic amines) is 1. The second-order valence-electron chi connectivity index (χ2n) is 7.90. The van der Waals surface area contributed by atoms with Gasteiger partial charge >= 0.3 is 0 Å². The highest BCUT2D eigenvalue weighted by Crippen LogP contribution is 2.34. The summed E-state index contributed by atoms with van der Waals surface area (Å²) >= 11 is 0. The zero-order valence-corrected chi connectivity index (χ0v) is 17.8. The minimum atomic E-state index is 0.246. The maximum Gasteiger partial charge on any atom is 0.222 e. The lowest BCUT2D eigenvalue weighted by molar-refractivity contribution is 0.254. The molecule has 0 spiro atoms. The van der Waals surface area contributed by atoms with Gasteiger partial charge < -0.3 is 30.7 Å². The molecule has 4 rings (SSSR count). The number of piperazine rings is 1. The molecule has 0 bridgehead atoms. The summed E-state index contributed by atoms with van der Waals surface area (Å²) < 4.78 is 11.6. The molecule has 0 saturated carbocycles. The Hall–Kier alpha value is -2.36. The van der Waals surface area contributed by atoms with Crippen molar-refractivity contribution in [1.82, 2.24) is 25.1 Å². The summed E-state index contributed by atoms with van der Waals surface area (Å²) in [5, 5.41) is 7.65. The van der Waals surface area contributed by atoms with Crippen molar-refractivity contribution in [3.63, 3.8) is 0 Å². The summed E-state index contributed by atoms with van der Waals surface area (Å²) in [5.41, 5.74) is 6.73. The number of benzene rings is 1. The molecule has 0 amide bonds. The SMILES string of the molecule is COc1cc2c(NCN3CCNCC3)nc(N)nc2cc1OCCCN1CCCC1. The molecular formula is C21H33N7O2. The van der Waals surface area contributed by atoms with Crippen molar-refractivity contribution in [2.75, 3.05) is 77.2 Å². The maximum atomic E-state index is 6.04. The molecule has 9 heteroatoms. The van der Waals surface area contributed by atoms with E-state index < -0.39 is 0 Å². The van der Waals surface area contributed by atoms with Crippen molar-refractivity contribution in [2.45, 2.75) is 19.3 Å². The van der Waals surface area contributed by atoms with Gasteiger partial charge in [0, 0.05) is 44.2 Å². The lowest BCUT2D eigenvalue weighted by Crippen LogP contribution is -2.45. The number of nitrogens with zero attached hydrogens (tertiary/aromatic N) is 4. The van der Waals surface area contributed by atoms with Gasteiger partial charge in [-0.3, -0.25) is 4.90 Å². The minimum absolute atomic E-state index is 0.246. The van der Waals surface area contributed by atoms with E-state index in [2.05, 4.69) is 30.4 Å². The monoisotopic (exact) mass is 415 g/mol. The normalized spacial score (nSPS) is 18.0. The average molecular weight is 416 g/mol. The van der Waals surface area contributed by atoms with Crippen LogP contribution in [0, 0.1) is 0 Å². The number of anilines is 2. The Morgan fingerprint density at radius 2 is 1.87 bits per heavy atom. The van der Waals surface area contributed by atoms with Crippen LogP contribution in [0.3, 0.4) is 0 Å². The van der Waals surface area contributed by atoms with Crippen molar-refractivity contribution >= 4 is 22.7 Å². The Balaban J connectivity index is 1.45. The van der Waals surface area contributed by atoms with E-state index >= 15 is 0 Å². The number of rotatable bonds is 9. The van der Waals surface area contributed by atoms with Crippen LogP contribution in [0.15, 0.2) is 12.1 Å². The summed E-state index contributed by atoms with van der Waals surface area (Å²) in [6, 6.07) is 3.84. The van der Waals surface area contributed by atoms with E-state index in [1.165, 1.54) is 25.9 Å². The smallest absolute Gasteiger partial charge is 0.222 e. The van der Waals surface area contributed by atoms with Gasteiger partial charge in [0.2, 0.25) is 5.95 Å². The Labute approximate surface area is 177 Å². The van der Waals surface area contributed by atoms with E-state index in [1.54, 1.807) is 7.11 Å². The summed E-state index contributed by atoms with van der Waals surface area (Å²) in [6.45, 7) is 8.86. The quantitative estimate of drug-likeness (QED) is 0.524. The lowest BCUT2D eigenvalue weighted by Gasteiger charge is -2.27. The third-order valence-corrected chi connectivity index (χ3v) is 5.75. The Morgan fingerprint density at radius 1 is 1.07 bits per heavy atom. The van der Waals surface area contributed by atoms with Crippen LogP contribution in [-0.2, 0) is 0 Å². The fourth-order valence-electron chi connectivity index (χ4n) is 4.09. The fourth-order valence-corrected chi connectivity index (χ4v) is 4.09. The molecule has 0 aliphatic carbocycles. The van der Waals surface area contributed by atoms with Crippen LogP contribution >= 0.6 is 0 Å². The van der Waals surface area contributed by atoms with Crippen LogP contribution in [0.5, 0.6) is 11.5 Å². The predicted molar refractivity (Wildman–Crippen MR) is 119 cm³/mol. The largest absolute Gasteiger partial charge is 0.493 e. The number of aromatic nitrogens is 2. The highest BCUT2D eigenvalue weighted by molar-refractivity contribution is 5.92. The van der Waals surface area contributed by atoms with Crippen LogP contribution in [0.25, 0.3) is 10.9 Å². The molecule has 30 heavy (non-hydrogen) atoms. The molecule has 0 atom stereocenters. The molecular weight excluding hydrogens is 382 g/mol. The number of hydrogen-bond acceptors (Lipinski definition) is 9. The van der Waals surface area contributed by atoms with E-state index in [0.717, 1.165) is 55.9 Å². The first-order chi connectivity index (χ1) is 14.7. The molecule has 0 unspecified atom stereocenters. The summed E-state index contributed by atoms with van der Waals surface area (Å²) in [7, 11) is 1.66. The molecule has 2 aliphatic heterocycles. The maximum absolute atomic E-state index is 6.04. The van der Waals surface area contributed by atoms with Gasteiger partial charge in [-0.25, -0.2) is 4.98 Å². The second kappa shape index (κ2) is 10.1. The topological polar surface area (TPSA) is 101 Å². The van der Waals surface area contributed by atoms with Gasteiger partial charge in [0.15, 0.2) is 11.5 Å². The molecule has 2 aliphatic rings. The van der Waals surface area contributed by atoms with Crippen LogP contribution < -0.4 is 25.8 Å². The van der Waals surface area contributed by atoms with Crippen LogP contribution in [0.1, 0.15) is 19.3 Å². The zero-order chi connectivity index (χ0) is 20.8. The van der Waals surface area contributed by atoms with Crippen LogP contribution in [0.2, 0.25) is 0 Å². The number of nitrogens with one attached hydrogen (secondary N) is 2. The molecule has 0 radical (unpaired) electrons. The highest BCUT2D eigenvalue weighted by Gasteiger charge is 2.15. The molecule has 4 N–H and O–H groups in total. The molecule has 1 aromatic heterocycles. The van der Waals surface area contributed by atoms with Crippen molar-refractivity contribution in [2.24, 2.45) is 0 Å². The van der Waals surface area contributed by atoms with Crippen LogP contribution in [0.4, 0.5) is 11.8 Å². The molecule has 9 nitrogen and oxygen atoms in total. The number of fused-ring (bicyclic) bond motifs is 1. The van der Waals surface area contributed by atoms with Crippen molar-refractivity contribution < 1.29 is 9.47 Å². The first-order valence-electron chi connectivity index (χ1n) is 10.9. The zero-order valence-electron chi connectivity index (χ0n) is 17.8. The number of ether oxygens (including phenoxy) is 2. The third kappa shape index (κ3) is 5.21. The first-order valence-corrected chi connectivity index (χ1v) is 10.9. The van der Waals surface area contributed by atoms with Gasteiger partial charge in [-0.1, -0.05) is 0 Å². The van der Waals surface area contributed by atoms with E-state index in [0.29, 0.717) is 24.8 Å². The summed E-state index contributed by atoms with van der Waals surface area (Å²) in [6.07, 6.45) is 3.61. The Bertz CT molecular complexity index is 836. The molecule has 2 aromatic rings. The van der Waals surface area contributed by atoms with Crippen molar-refractivity contribution in [1.29, 1.82) is 0 Å². The third-order valence-electron chi connectivity index (χ3n) is 5.75.